The molecule has 100 valence electrons. The molecule has 1 aromatic rings. The smallest absolute Gasteiger partial charge is 0.328 e. The van der Waals surface area contributed by atoms with Gasteiger partial charge in [-0.2, -0.15) is 0 Å². The standard InChI is InChI=1S/C12H16N2O3.ClH/c1-8(15)14-11(12(16)17-2)7-9-3-5-10(13)6-4-9;/h3-6,11H,7,13H2,1-2H3,(H,14,15);1H/t11-;/m0./s1. The fraction of sp³-hybridized carbons (Fsp3) is 0.333. The van der Waals surface area contributed by atoms with E-state index in [1.54, 1.807) is 12.1 Å². The molecule has 1 atom stereocenters. The lowest BCUT2D eigenvalue weighted by Gasteiger charge is -2.15. The number of carbonyl (C=O) groups is 2. The van der Waals surface area contributed by atoms with Gasteiger partial charge in [-0.25, -0.2) is 4.79 Å². The van der Waals surface area contributed by atoms with Crippen LogP contribution in [0.2, 0.25) is 0 Å². The minimum Gasteiger partial charge on any atom is -0.467 e. The van der Waals surface area contributed by atoms with E-state index in [2.05, 4.69) is 10.1 Å². The first kappa shape index (κ1) is 16.2. The number of esters is 1. The number of methoxy groups -OCH3 is 1. The van der Waals surface area contributed by atoms with Crippen LogP contribution in [0.15, 0.2) is 24.3 Å². The molecule has 18 heavy (non-hydrogen) atoms. The van der Waals surface area contributed by atoms with Crippen LogP contribution in [0.3, 0.4) is 0 Å². The molecule has 0 radical (unpaired) electrons. The first-order valence-corrected chi connectivity index (χ1v) is 5.22. The third-order valence-corrected chi connectivity index (χ3v) is 2.28. The number of nitrogens with one attached hydrogen (secondary N) is 1. The third kappa shape index (κ3) is 5.05. The zero-order valence-corrected chi connectivity index (χ0v) is 11.1. The monoisotopic (exact) mass is 272 g/mol. The van der Waals surface area contributed by atoms with Crippen molar-refractivity contribution in [2.45, 2.75) is 19.4 Å². The van der Waals surface area contributed by atoms with Gasteiger partial charge in [-0.1, -0.05) is 12.1 Å². The Morgan fingerprint density at radius 2 is 1.89 bits per heavy atom. The number of nitrogens with two attached hydrogens (primary N) is 1. The largest absolute Gasteiger partial charge is 0.467 e. The van der Waals surface area contributed by atoms with Gasteiger partial charge in [0.2, 0.25) is 5.91 Å². The van der Waals surface area contributed by atoms with E-state index in [4.69, 9.17) is 5.73 Å². The van der Waals surface area contributed by atoms with Gasteiger partial charge in [0.25, 0.3) is 0 Å². The Balaban J connectivity index is 0.00000289. The molecule has 0 spiro atoms. The van der Waals surface area contributed by atoms with Crippen LogP contribution >= 0.6 is 12.4 Å². The van der Waals surface area contributed by atoms with Gasteiger partial charge in [0.1, 0.15) is 6.04 Å². The Hall–Kier alpha value is -1.75. The van der Waals surface area contributed by atoms with Crippen LogP contribution in [0.25, 0.3) is 0 Å². The minimum atomic E-state index is -0.666. The Morgan fingerprint density at radius 1 is 1.33 bits per heavy atom. The summed E-state index contributed by atoms with van der Waals surface area (Å²) in [7, 11) is 1.29. The normalized spacial score (nSPS) is 11.0. The summed E-state index contributed by atoms with van der Waals surface area (Å²) >= 11 is 0. The number of halogens is 1. The molecule has 0 aliphatic carbocycles. The van der Waals surface area contributed by atoms with Crippen LogP contribution in [0.1, 0.15) is 12.5 Å². The molecule has 3 N–H and O–H groups in total. The molecule has 1 amide bonds. The fourth-order valence-electron chi connectivity index (χ4n) is 1.47. The van der Waals surface area contributed by atoms with E-state index in [1.165, 1.54) is 14.0 Å². The van der Waals surface area contributed by atoms with E-state index in [1.807, 2.05) is 12.1 Å². The lowest BCUT2D eigenvalue weighted by molar-refractivity contribution is -0.144. The van der Waals surface area contributed by atoms with Crippen molar-refractivity contribution in [1.29, 1.82) is 0 Å². The van der Waals surface area contributed by atoms with Crippen molar-refractivity contribution in [3.05, 3.63) is 29.8 Å². The predicted octanol–water partition coefficient (Wildman–Crippen LogP) is 0.911. The second-order valence-corrected chi connectivity index (χ2v) is 3.72. The lowest BCUT2D eigenvalue weighted by Crippen LogP contribution is -2.41. The molecular formula is C12H17ClN2O3. The summed E-state index contributed by atoms with van der Waals surface area (Å²) in [4.78, 5) is 22.4. The number of benzene rings is 1. The molecule has 0 unspecified atom stereocenters. The summed E-state index contributed by atoms with van der Waals surface area (Å²) in [5.41, 5.74) is 7.12. The molecular weight excluding hydrogens is 256 g/mol. The highest BCUT2D eigenvalue weighted by atomic mass is 35.5. The maximum atomic E-state index is 11.5. The first-order valence-electron chi connectivity index (χ1n) is 5.22. The second-order valence-electron chi connectivity index (χ2n) is 3.72. The minimum absolute atomic E-state index is 0. The van der Waals surface area contributed by atoms with Crippen molar-refractivity contribution in [2.75, 3.05) is 12.8 Å². The quantitative estimate of drug-likeness (QED) is 0.631. The van der Waals surface area contributed by atoms with Crippen molar-refractivity contribution in [3.8, 4) is 0 Å². The number of hydrogen-bond acceptors (Lipinski definition) is 4. The Labute approximate surface area is 112 Å². The molecule has 0 saturated heterocycles. The van der Waals surface area contributed by atoms with Gasteiger partial charge in [-0.15, -0.1) is 12.4 Å². The van der Waals surface area contributed by atoms with Crippen molar-refractivity contribution >= 4 is 30.0 Å². The topological polar surface area (TPSA) is 81.4 Å². The van der Waals surface area contributed by atoms with Crippen molar-refractivity contribution in [3.63, 3.8) is 0 Å². The third-order valence-electron chi connectivity index (χ3n) is 2.28. The molecule has 0 fully saturated rings. The Kier molecular flexibility index (Phi) is 6.82. The van der Waals surface area contributed by atoms with Crippen LogP contribution < -0.4 is 11.1 Å². The van der Waals surface area contributed by atoms with Gasteiger partial charge in [0, 0.05) is 19.0 Å². The first-order chi connectivity index (χ1) is 8.02. The summed E-state index contributed by atoms with van der Waals surface area (Å²) in [6, 6.07) is 6.45. The molecule has 0 saturated carbocycles. The van der Waals surface area contributed by atoms with Crippen molar-refractivity contribution in [1.82, 2.24) is 5.32 Å². The highest BCUT2D eigenvalue weighted by molar-refractivity contribution is 5.85. The van der Waals surface area contributed by atoms with Crippen molar-refractivity contribution in [2.24, 2.45) is 0 Å². The molecule has 1 rings (SSSR count). The Bertz CT molecular complexity index is 406. The molecule has 0 bridgehead atoms. The van der Waals surface area contributed by atoms with E-state index in [-0.39, 0.29) is 18.3 Å². The highest BCUT2D eigenvalue weighted by Crippen LogP contribution is 2.08. The lowest BCUT2D eigenvalue weighted by atomic mass is 10.1. The number of carbonyl (C=O) groups excluding carboxylic acids is 2. The van der Waals surface area contributed by atoms with Gasteiger partial charge in [-0.3, -0.25) is 4.79 Å². The van der Waals surface area contributed by atoms with E-state index < -0.39 is 12.0 Å². The number of nitrogen functional groups attached to an aromatic ring is 1. The zero-order valence-electron chi connectivity index (χ0n) is 10.3. The van der Waals surface area contributed by atoms with Gasteiger partial charge in [-0.05, 0) is 17.7 Å². The zero-order chi connectivity index (χ0) is 12.8. The molecule has 1 aromatic carbocycles. The average molecular weight is 273 g/mol. The highest BCUT2D eigenvalue weighted by Gasteiger charge is 2.20. The molecule has 0 aliphatic rings. The molecule has 0 heterocycles. The number of anilines is 1. The van der Waals surface area contributed by atoms with Gasteiger partial charge >= 0.3 is 5.97 Å². The van der Waals surface area contributed by atoms with Gasteiger partial charge < -0.3 is 15.8 Å². The van der Waals surface area contributed by atoms with Crippen LogP contribution in [-0.2, 0) is 20.7 Å². The van der Waals surface area contributed by atoms with Crippen LogP contribution in [-0.4, -0.2) is 25.0 Å². The Morgan fingerprint density at radius 3 is 2.33 bits per heavy atom. The van der Waals surface area contributed by atoms with Crippen LogP contribution in [0.5, 0.6) is 0 Å². The van der Waals surface area contributed by atoms with Gasteiger partial charge in [0.15, 0.2) is 0 Å². The molecule has 6 heteroatoms. The van der Waals surface area contributed by atoms with Gasteiger partial charge in [0.05, 0.1) is 7.11 Å². The molecule has 0 aromatic heterocycles. The summed E-state index contributed by atoms with van der Waals surface area (Å²) in [6.07, 6.45) is 0.381. The SMILES string of the molecule is COC(=O)[C@H](Cc1ccc(N)cc1)NC(C)=O.Cl. The number of ether oxygens (including phenoxy) is 1. The van der Waals surface area contributed by atoms with E-state index in [0.29, 0.717) is 12.1 Å². The number of hydrogen-bond donors (Lipinski definition) is 2. The van der Waals surface area contributed by atoms with Crippen LogP contribution in [0.4, 0.5) is 5.69 Å². The summed E-state index contributed by atoms with van der Waals surface area (Å²) < 4.78 is 4.63. The maximum absolute atomic E-state index is 11.5. The number of amides is 1. The summed E-state index contributed by atoms with van der Waals surface area (Å²) in [6.45, 7) is 1.36. The summed E-state index contributed by atoms with van der Waals surface area (Å²) in [5.74, 6) is -0.729. The predicted molar refractivity (Wildman–Crippen MR) is 71.4 cm³/mol. The molecule has 5 nitrogen and oxygen atoms in total. The molecule has 0 aliphatic heterocycles. The van der Waals surface area contributed by atoms with E-state index >= 15 is 0 Å². The van der Waals surface area contributed by atoms with Crippen LogP contribution in [0, 0.1) is 0 Å². The maximum Gasteiger partial charge on any atom is 0.328 e. The average Bonchev–Trinajstić information content (AvgIpc) is 2.29. The summed E-state index contributed by atoms with van der Waals surface area (Å²) in [5, 5.41) is 2.55. The second kappa shape index (κ2) is 7.55. The van der Waals surface area contributed by atoms with E-state index in [9.17, 15) is 9.59 Å². The van der Waals surface area contributed by atoms with E-state index in [0.717, 1.165) is 5.56 Å². The van der Waals surface area contributed by atoms with Crippen molar-refractivity contribution < 1.29 is 14.3 Å². The number of rotatable bonds is 4. The fourth-order valence-corrected chi connectivity index (χ4v) is 1.47.